The average Bonchev–Trinajstić information content (AvgIpc) is 3.57. The minimum Gasteiger partial charge on any atom is -0.393 e. The molecule has 4 aliphatic rings. The van der Waals surface area contributed by atoms with E-state index in [0.29, 0.717) is 11.8 Å². The lowest BCUT2D eigenvalue weighted by molar-refractivity contribution is -0.127. The van der Waals surface area contributed by atoms with Crippen LogP contribution < -0.4 is 5.73 Å². The van der Waals surface area contributed by atoms with Gasteiger partial charge in [-0.2, -0.15) is 0 Å². The molecule has 3 saturated carbocycles. The number of piperidine rings is 1. The van der Waals surface area contributed by atoms with E-state index in [9.17, 15) is 9.90 Å². The highest BCUT2D eigenvalue weighted by Gasteiger charge is 2.39. The zero-order chi connectivity index (χ0) is 19.5. The van der Waals surface area contributed by atoms with Crippen molar-refractivity contribution in [1.29, 1.82) is 0 Å². The number of hydrogen-bond acceptors (Lipinski definition) is 3. The van der Waals surface area contributed by atoms with E-state index in [1.54, 1.807) is 6.08 Å². The maximum atomic E-state index is 12.6. The highest BCUT2D eigenvalue weighted by molar-refractivity contribution is 5.87. The molecule has 0 spiro atoms. The summed E-state index contributed by atoms with van der Waals surface area (Å²) in [5, 5.41) is 10.4. The summed E-state index contributed by atoms with van der Waals surface area (Å²) in [6.45, 7) is 2.67. The van der Waals surface area contributed by atoms with Crippen molar-refractivity contribution >= 4 is 5.91 Å². The maximum Gasteiger partial charge on any atom is 0.246 e. The summed E-state index contributed by atoms with van der Waals surface area (Å²) in [7, 11) is 0. The highest BCUT2D eigenvalue weighted by atomic mass is 16.3. The molecule has 3 N–H and O–H groups in total. The third-order valence-electron chi connectivity index (χ3n) is 8.32. The number of carbonyl (C=O) groups excluding carboxylic acids is 1. The van der Waals surface area contributed by atoms with Crippen LogP contribution in [0.25, 0.3) is 0 Å². The molecule has 1 aliphatic heterocycles. The molecule has 4 heteroatoms. The van der Waals surface area contributed by atoms with Crippen molar-refractivity contribution in [3.8, 4) is 0 Å². The lowest BCUT2D eigenvalue weighted by Crippen LogP contribution is -2.40. The number of allylic oxidation sites excluding steroid dienone is 1. The van der Waals surface area contributed by atoms with Crippen molar-refractivity contribution in [2.24, 2.45) is 41.2 Å². The lowest BCUT2D eigenvalue weighted by atomic mass is 9.72. The van der Waals surface area contributed by atoms with Crippen molar-refractivity contribution in [3.63, 3.8) is 0 Å². The van der Waals surface area contributed by atoms with Gasteiger partial charge in [0.1, 0.15) is 0 Å². The number of aliphatic hydroxyl groups is 1. The Morgan fingerprint density at radius 3 is 2.39 bits per heavy atom. The molecule has 4 rings (SSSR count). The molecule has 0 radical (unpaired) electrons. The lowest BCUT2D eigenvalue weighted by Gasteiger charge is -2.39. The fraction of sp³-hybridized carbons (Fsp3) is 0.875. The van der Waals surface area contributed by atoms with E-state index in [2.05, 4.69) is 6.08 Å². The smallest absolute Gasteiger partial charge is 0.246 e. The monoisotopic (exact) mass is 388 g/mol. The predicted molar refractivity (Wildman–Crippen MR) is 113 cm³/mol. The zero-order valence-electron chi connectivity index (χ0n) is 17.5. The topological polar surface area (TPSA) is 66.6 Å². The Hall–Kier alpha value is -0.870. The van der Waals surface area contributed by atoms with E-state index in [1.807, 2.05) is 4.90 Å². The summed E-state index contributed by atoms with van der Waals surface area (Å²) in [6.07, 6.45) is 17.1. The second-order valence-electron chi connectivity index (χ2n) is 10.2. The molecule has 28 heavy (non-hydrogen) atoms. The summed E-state index contributed by atoms with van der Waals surface area (Å²) in [4.78, 5) is 14.7. The number of amides is 1. The van der Waals surface area contributed by atoms with Gasteiger partial charge in [0.15, 0.2) is 0 Å². The third-order valence-corrected chi connectivity index (χ3v) is 8.32. The van der Waals surface area contributed by atoms with E-state index >= 15 is 0 Å². The number of likely N-dealkylation sites (tertiary alicyclic amines) is 1. The normalized spacial score (nSPS) is 38.1. The molecule has 1 heterocycles. The van der Waals surface area contributed by atoms with Gasteiger partial charge in [-0.25, -0.2) is 0 Å². The van der Waals surface area contributed by atoms with Gasteiger partial charge >= 0.3 is 0 Å². The summed E-state index contributed by atoms with van der Waals surface area (Å²) in [5.41, 5.74) is 5.91. The second kappa shape index (κ2) is 9.30. The first-order valence-electron chi connectivity index (χ1n) is 12.0. The molecule has 5 atom stereocenters. The molecule has 3 aliphatic carbocycles. The summed E-state index contributed by atoms with van der Waals surface area (Å²) in [6, 6.07) is 0. The fourth-order valence-electron chi connectivity index (χ4n) is 6.34. The largest absolute Gasteiger partial charge is 0.393 e. The molecule has 1 amide bonds. The predicted octanol–water partition coefficient (Wildman–Crippen LogP) is 3.73. The van der Waals surface area contributed by atoms with Gasteiger partial charge in [-0.15, -0.1) is 0 Å². The Balaban J connectivity index is 1.20. The fourth-order valence-corrected chi connectivity index (χ4v) is 6.34. The first-order valence-corrected chi connectivity index (χ1v) is 12.0. The second-order valence-corrected chi connectivity index (χ2v) is 10.2. The van der Waals surface area contributed by atoms with Crippen molar-refractivity contribution in [2.75, 3.05) is 19.6 Å². The van der Waals surface area contributed by atoms with Crippen LogP contribution in [-0.4, -0.2) is 41.7 Å². The molecular formula is C24H40N2O2. The molecule has 4 fully saturated rings. The van der Waals surface area contributed by atoms with Gasteiger partial charge in [0.25, 0.3) is 0 Å². The Morgan fingerprint density at radius 1 is 0.929 bits per heavy atom. The standard InChI is InChI=1S/C24H40N2O2/c25-16-18-2-1-3-21(14-18)19-10-12-26(13-11-19)24(28)9-5-17-4-8-22(20-6-7-20)23(27)15-17/h5,9,17-23,27H,1-4,6-8,10-16,25H2/b9-5+. The first-order chi connectivity index (χ1) is 13.6. The first kappa shape index (κ1) is 20.4. The summed E-state index contributed by atoms with van der Waals surface area (Å²) < 4.78 is 0. The maximum absolute atomic E-state index is 12.6. The molecule has 4 nitrogen and oxygen atoms in total. The molecule has 0 aromatic carbocycles. The number of nitrogens with zero attached hydrogens (tertiary/aromatic N) is 1. The van der Waals surface area contributed by atoms with Crippen molar-refractivity contribution in [3.05, 3.63) is 12.2 Å². The van der Waals surface area contributed by atoms with E-state index in [4.69, 9.17) is 5.73 Å². The number of nitrogens with two attached hydrogens (primary N) is 1. The quantitative estimate of drug-likeness (QED) is 0.705. The molecule has 0 bridgehead atoms. The van der Waals surface area contributed by atoms with Gasteiger partial charge in [-0.05, 0) is 106 Å². The van der Waals surface area contributed by atoms with Crippen LogP contribution in [0.5, 0.6) is 0 Å². The van der Waals surface area contributed by atoms with Gasteiger partial charge in [0, 0.05) is 13.1 Å². The molecule has 0 aromatic heterocycles. The summed E-state index contributed by atoms with van der Waals surface area (Å²) >= 11 is 0. The third kappa shape index (κ3) is 4.99. The minimum atomic E-state index is -0.158. The molecule has 0 aromatic rings. The Labute approximate surface area is 170 Å². The molecule has 5 unspecified atom stereocenters. The van der Waals surface area contributed by atoms with Crippen molar-refractivity contribution in [1.82, 2.24) is 4.90 Å². The van der Waals surface area contributed by atoms with Gasteiger partial charge in [0.05, 0.1) is 6.10 Å². The van der Waals surface area contributed by atoms with Gasteiger partial charge in [-0.1, -0.05) is 18.9 Å². The average molecular weight is 389 g/mol. The van der Waals surface area contributed by atoms with E-state index in [0.717, 1.165) is 75.4 Å². The molecular weight excluding hydrogens is 348 g/mol. The van der Waals surface area contributed by atoms with Crippen LogP contribution in [0.4, 0.5) is 0 Å². The highest BCUT2D eigenvalue weighted by Crippen LogP contribution is 2.45. The Bertz CT molecular complexity index is 551. The van der Waals surface area contributed by atoms with Crippen LogP contribution in [0.3, 0.4) is 0 Å². The van der Waals surface area contributed by atoms with Crippen molar-refractivity contribution in [2.45, 2.75) is 76.7 Å². The van der Waals surface area contributed by atoms with Crippen LogP contribution in [0, 0.1) is 35.5 Å². The number of rotatable bonds is 5. The van der Waals surface area contributed by atoms with Gasteiger partial charge in [-0.3, -0.25) is 4.79 Å². The van der Waals surface area contributed by atoms with E-state index in [-0.39, 0.29) is 12.0 Å². The van der Waals surface area contributed by atoms with Crippen LogP contribution in [0.2, 0.25) is 0 Å². The van der Waals surface area contributed by atoms with Gasteiger partial charge in [0.2, 0.25) is 5.91 Å². The Kier molecular flexibility index (Phi) is 6.78. The van der Waals surface area contributed by atoms with Crippen molar-refractivity contribution < 1.29 is 9.90 Å². The van der Waals surface area contributed by atoms with Crippen LogP contribution in [0.15, 0.2) is 12.2 Å². The minimum absolute atomic E-state index is 0.158. The van der Waals surface area contributed by atoms with Gasteiger partial charge < -0.3 is 15.7 Å². The summed E-state index contributed by atoms with van der Waals surface area (Å²) in [5.74, 6) is 4.22. The zero-order valence-corrected chi connectivity index (χ0v) is 17.5. The number of aliphatic hydroxyl groups excluding tert-OH is 1. The molecule has 1 saturated heterocycles. The SMILES string of the molecule is NCC1CCCC(C2CCN(C(=O)/C=C/C3CCC(C4CC4)C(O)C3)CC2)C1. The number of carbonyl (C=O) groups is 1. The van der Waals surface area contributed by atoms with Crippen LogP contribution >= 0.6 is 0 Å². The van der Waals surface area contributed by atoms with Crippen LogP contribution in [-0.2, 0) is 4.79 Å². The molecule has 158 valence electrons. The number of hydrogen-bond donors (Lipinski definition) is 2. The Morgan fingerprint density at radius 2 is 1.71 bits per heavy atom. The van der Waals surface area contributed by atoms with E-state index < -0.39 is 0 Å². The van der Waals surface area contributed by atoms with Crippen LogP contribution in [0.1, 0.15) is 70.6 Å². The van der Waals surface area contributed by atoms with E-state index in [1.165, 1.54) is 38.5 Å².